The van der Waals surface area contributed by atoms with Crippen LogP contribution in [0.3, 0.4) is 0 Å². The number of halogens is 3. The lowest BCUT2D eigenvalue weighted by Crippen LogP contribution is -2.50. The summed E-state index contributed by atoms with van der Waals surface area (Å²) in [6.45, 7) is 15.2. The van der Waals surface area contributed by atoms with Gasteiger partial charge in [-0.05, 0) is 51.4 Å². The molecule has 0 unspecified atom stereocenters. The highest BCUT2D eigenvalue weighted by molar-refractivity contribution is 7.80. The summed E-state index contributed by atoms with van der Waals surface area (Å²) >= 11 is 0. The second-order valence-corrected chi connectivity index (χ2v) is 12.1. The van der Waals surface area contributed by atoms with Crippen LogP contribution in [0.5, 0.6) is 0 Å². The van der Waals surface area contributed by atoms with E-state index in [9.17, 15) is 11.7 Å². The van der Waals surface area contributed by atoms with Gasteiger partial charge in [0.05, 0.1) is 26.2 Å². The largest absolute Gasteiger partial charge is 0.722 e. The highest BCUT2D eigenvalue weighted by Gasteiger charge is 2.25. The Morgan fingerprint density at radius 1 is 0.475 bits per heavy atom. The Kier molecular flexibility index (Phi) is 33.2. The normalized spacial score (nSPS) is 11.8. The van der Waals surface area contributed by atoms with Crippen LogP contribution in [-0.2, 0) is 31.5 Å². The van der Waals surface area contributed by atoms with E-state index >= 15 is 0 Å². The number of rotatable bonds is 20. The first-order valence-electron chi connectivity index (χ1n) is 14.1. The molecule has 0 heterocycles. The van der Waals surface area contributed by atoms with Crippen LogP contribution < -0.4 is 0 Å². The molecule has 40 heavy (non-hydrogen) atoms. The highest BCUT2D eigenvalue weighted by atomic mass is 32.3. The summed E-state index contributed by atoms with van der Waals surface area (Å²) in [5.74, 6) is 0. The molecule has 2 N–H and O–H groups in total. The van der Waals surface area contributed by atoms with Crippen molar-refractivity contribution in [2.45, 2.75) is 130 Å². The van der Waals surface area contributed by atoms with E-state index in [1.54, 1.807) is 0 Å². The molecule has 248 valence electrons. The lowest BCUT2D eigenvalue weighted by Gasteiger charge is -2.39. The van der Waals surface area contributed by atoms with Gasteiger partial charge in [0.15, 0.2) is 0 Å². The van der Waals surface area contributed by atoms with Gasteiger partial charge in [0.2, 0.25) is 0 Å². The lowest BCUT2D eigenvalue weighted by atomic mass is 10.1. The number of hydrogen-bond acceptors (Lipinski definition) is 7. The monoisotopic (exact) mass is 653 g/mol. The van der Waals surface area contributed by atoms with Crippen molar-refractivity contribution in [3.8, 4) is 0 Å². The van der Waals surface area contributed by atoms with E-state index in [0.29, 0.717) is 0 Å². The first-order valence-corrected chi connectivity index (χ1v) is 18.1. The molecule has 0 radical (unpaired) electrons. The average Bonchev–Trinajstić information content (AvgIpc) is 2.77. The minimum atomic E-state index is -5.42. The van der Waals surface area contributed by atoms with E-state index in [1.165, 1.54) is 133 Å². The summed E-state index contributed by atoms with van der Waals surface area (Å²) in [5, 5.41) is 0. The summed E-state index contributed by atoms with van der Waals surface area (Å²) in [5.41, 5.74) is 0. The quantitative estimate of drug-likeness (QED) is 0.0605. The molecule has 0 rings (SSSR count). The highest BCUT2D eigenvalue weighted by Crippen LogP contribution is 2.19. The maximum absolute atomic E-state index is 10.2. The van der Waals surface area contributed by atoms with Crippen molar-refractivity contribution in [2.75, 3.05) is 26.2 Å². The predicted octanol–water partition coefficient (Wildman–Crippen LogP) is 7.06. The molecule has 10 nitrogen and oxygen atoms in total. The second kappa shape index (κ2) is 28.6. The summed E-state index contributed by atoms with van der Waals surface area (Å²) in [6.07, 6.45) is 22.8. The molecule has 0 aliphatic heterocycles. The number of quaternary nitrogens is 1. The van der Waals surface area contributed by atoms with Crippen molar-refractivity contribution in [3.63, 3.8) is 0 Å². The molecule has 0 aliphatic rings. The molecular formula is C24H54F3NO9S3. The Hall–Kier alpha value is -0.520. The summed E-state index contributed by atoms with van der Waals surface area (Å²) in [6, 6.07) is 0. The Labute approximate surface area is 242 Å². The molecule has 0 amide bonds. The van der Waals surface area contributed by atoms with E-state index in [-0.39, 0.29) is 0 Å². The Morgan fingerprint density at radius 3 is 0.750 bits per heavy atom. The van der Waals surface area contributed by atoms with E-state index in [4.69, 9.17) is 38.9 Å². The molecule has 0 fully saturated rings. The number of hydrogen-bond donors (Lipinski definition) is 2. The smallest absolute Gasteiger partial charge is 0.435 e. The maximum atomic E-state index is 10.2. The minimum Gasteiger partial charge on any atom is -0.722 e. The fourth-order valence-corrected chi connectivity index (χ4v) is 4.17. The van der Waals surface area contributed by atoms with E-state index < -0.39 is 31.5 Å². The zero-order chi connectivity index (χ0) is 32.1. The van der Waals surface area contributed by atoms with E-state index in [2.05, 4.69) is 27.7 Å². The van der Waals surface area contributed by atoms with Gasteiger partial charge in [-0.3, -0.25) is 9.11 Å². The molecular weight excluding hydrogens is 599 g/mol. The second-order valence-electron chi connectivity index (χ2n) is 9.70. The molecule has 0 saturated carbocycles. The van der Waals surface area contributed by atoms with Gasteiger partial charge in [0.1, 0.15) is 0 Å². The molecule has 0 aliphatic carbocycles. The van der Waals surface area contributed by atoms with Crippen LogP contribution >= 0.6 is 0 Å². The van der Waals surface area contributed by atoms with Gasteiger partial charge in [-0.2, -0.15) is 16.8 Å². The molecule has 0 aromatic rings. The number of nitrogens with zero attached hydrogens (tertiary/aromatic N) is 1. The van der Waals surface area contributed by atoms with Crippen molar-refractivity contribution in [3.05, 3.63) is 0 Å². The van der Waals surface area contributed by atoms with Crippen molar-refractivity contribution in [2.24, 2.45) is 0 Å². The first kappa shape index (κ1) is 46.4. The van der Waals surface area contributed by atoms with Gasteiger partial charge in [-0.15, -0.1) is 3.89 Å². The standard InChI is InChI=1S/C24H52N.3FHO3S/c1-5-9-13-17-21-25(22-18-14-10-6-2,23-19-15-11-7-3)24-20-16-12-8-4;3*1-5(2,3)4/h5-24H2,1-4H3;3*(H,2,3,4)/q+1;;;/p-1. The summed E-state index contributed by atoms with van der Waals surface area (Å²) in [7, 11) is -15.7. The SMILES string of the molecule is CCCCCC[N+](CCCCCC)(CCCCCC)CCCCCC.O=S(=O)(O)F.O=S(=O)(O)F.O=S(=O)([O-])F. The van der Waals surface area contributed by atoms with Gasteiger partial charge in [0, 0.05) is 0 Å². The summed E-state index contributed by atoms with van der Waals surface area (Å²) < 4.78 is 105. The van der Waals surface area contributed by atoms with Crippen LogP contribution in [0.2, 0.25) is 0 Å². The van der Waals surface area contributed by atoms with E-state index in [1.807, 2.05) is 0 Å². The Bertz CT molecular complexity index is 709. The fraction of sp³-hybridized carbons (Fsp3) is 1.00. The fourth-order valence-electron chi connectivity index (χ4n) is 4.17. The first-order chi connectivity index (χ1) is 18.2. The number of unbranched alkanes of at least 4 members (excludes halogenated alkanes) is 12. The maximum Gasteiger partial charge on any atom is 0.435 e. The van der Waals surface area contributed by atoms with Crippen molar-refractivity contribution in [1.82, 2.24) is 0 Å². The van der Waals surface area contributed by atoms with Gasteiger partial charge < -0.3 is 9.04 Å². The van der Waals surface area contributed by atoms with Crippen LogP contribution in [0.1, 0.15) is 130 Å². The van der Waals surface area contributed by atoms with Gasteiger partial charge in [0.25, 0.3) is 10.5 Å². The molecule has 0 saturated heterocycles. The predicted molar refractivity (Wildman–Crippen MR) is 152 cm³/mol. The van der Waals surface area contributed by atoms with Crippen molar-refractivity contribution < 1.29 is 55.1 Å². The summed E-state index contributed by atoms with van der Waals surface area (Å²) in [4.78, 5) is 0. The zero-order valence-electron chi connectivity index (χ0n) is 24.7. The van der Waals surface area contributed by atoms with Crippen molar-refractivity contribution in [1.29, 1.82) is 0 Å². The Balaban J connectivity index is -0.000000350. The molecule has 0 aromatic heterocycles. The topological polar surface area (TPSA) is 166 Å². The van der Waals surface area contributed by atoms with Gasteiger partial charge in [-0.25, -0.2) is 8.42 Å². The van der Waals surface area contributed by atoms with Crippen LogP contribution in [0.25, 0.3) is 0 Å². The third-order valence-electron chi connectivity index (χ3n) is 5.94. The minimum absolute atomic E-state index is 1.36. The molecule has 0 aromatic carbocycles. The van der Waals surface area contributed by atoms with Crippen LogP contribution in [-0.4, -0.2) is 69.6 Å². The lowest BCUT2D eigenvalue weighted by molar-refractivity contribution is -0.929. The third kappa shape index (κ3) is 66.1. The molecule has 0 spiro atoms. The van der Waals surface area contributed by atoms with Gasteiger partial charge in [-0.1, -0.05) is 86.8 Å². The van der Waals surface area contributed by atoms with Crippen LogP contribution in [0, 0.1) is 0 Å². The third-order valence-corrected chi connectivity index (χ3v) is 5.94. The zero-order valence-corrected chi connectivity index (χ0v) is 27.1. The van der Waals surface area contributed by atoms with Gasteiger partial charge >= 0.3 is 21.0 Å². The molecule has 0 bridgehead atoms. The van der Waals surface area contributed by atoms with Crippen LogP contribution in [0.4, 0.5) is 11.7 Å². The van der Waals surface area contributed by atoms with Crippen molar-refractivity contribution >= 4 is 31.5 Å². The molecule has 0 atom stereocenters. The average molecular weight is 654 g/mol. The molecule has 16 heteroatoms. The van der Waals surface area contributed by atoms with E-state index in [0.717, 1.165) is 0 Å². The van der Waals surface area contributed by atoms with Crippen LogP contribution in [0.15, 0.2) is 0 Å². The Morgan fingerprint density at radius 2 is 0.625 bits per heavy atom.